The number of hydrogen-bond acceptors (Lipinski definition) is 5. The fraction of sp³-hybridized carbons (Fsp3) is 0.286. The van der Waals surface area contributed by atoms with Crippen molar-refractivity contribution < 1.29 is 14.1 Å². The molecule has 0 radical (unpaired) electrons. The van der Waals surface area contributed by atoms with Crippen molar-refractivity contribution in [3.63, 3.8) is 0 Å². The average Bonchev–Trinajstić information content (AvgIpc) is 3.29. The van der Waals surface area contributed by atoms with Crippen LogP contribution in [0.25, 0.3) is 0 Å². The molecular formula is C21H23FN5OS+. The number of carbonyl (C=O) groups excluding carboxylic acids is 1. The van der Waals surface area contributed by atoms with E-state index >= 15 is 0 Å². The molecule has 0 spiro atoms. The van der Waals surface area contributed by atoms with Crippen LogP contribution < -0.4 is 15.1 Å². The zero-order valence-electron chi connectivity index (χ0n) is 15.9. The van der Waals surface area contributed by atoms with Crippen LogP contribution in [0, 0.1) is 5.82 Å². The molecule has 0 aliphatic carbocycles. The van der Waals surface area contributed by atoms with Crippen molar-refractivity contribution in [1.82, 2.24) is 15.3 Å². The molecule has 0 unspecified atom stereocenters. The van der Waals surface area contributed by atoms with Gasteiger partial charge in [-0.25, -0.2) is 14.4 Å². The van der Waals surface area contributed by atoms with E-state index in [1.54, 1.807) is 41.9 Å². The van der Waals surface area contributed by atoms with Gasteiger partial charge in [0, 0.05) is 17.3 Å². The number of benzene rings is 1. The first-order valence-corrected chi connectivity index (χ1v) is 10.5. The van der Waals surface area contributed by atoms with Gasteiger partial charge in [-0.15, -0.1) is 11.3 Å². The Hall–Kier alpha value is -2.84. The van der Waals surface area contributed by atoms with Crippen molar-refractivity contribution in [2.24, 2.45) is 0 Å². The van der Waals surface area contributed by atoms with Crippen molar-refractivity contribution in [3.8, 4) is 0 Å². The second-order valence-corrected chi connectivity index (χ2v) is 8.01. The number of hydrogen-bond donors (Lipinski definition) is 2. The fourth-order valence-corrected chi connectivity index (χ4v) is 4.33. The van der Waals surface area contributed by atoms with Gasteiger partial charge in [-0.1, -0.05) is 18.2 Å². The Labute approximate surface area is 173 Å². The number of aromatic nitrogens is 2. The monoisotopic (exact) mass is 412 g/mol. The van der Waals surface area contributed by atoms with E-state index in [9.17, 15) is 9.18 Å². The van der Waals surface area contributed by atoms with Crippen molar-refractivity contribution in [2.75, 3.05) is 37.6 Å². The van der Waals surface area contributed by atoms with Crippen LogP contribution in [0.2, 0.25) is 0 Å². The summed E-state index contributed by atoms with van der Waals surface area (Å²) in [5.74, 6) is 0.451. The number of anilines is 1. The van der Waals surface area contributed by atoms with Gasteiger partial charge in [0.15, 0.2) is 6.54 Å². The summed E-state index contributed by atoms with van der Waals surface area (Å²) < 4.78 is 13.3. The van der Waals surface area contributed by atoms with E-state index in [0.717, 1.165) is 42.6 Å². The highest BCUT2D eigenvalue weighted by Gasteiger charge is 2.25. The van der Waals surface area contributed by atoms with Gasteiger partial charge in [-0.3, -0.25) is 4.79 Å². The Morgan fingerprint density at radius 2 is 1.86 bits per heavy atom. The minimum Gasteiger partial charge on any atom is -0.339 e. The summed E-state index contributed by atoms with van der Waals surface area (Å²) >= 11 is 1.58. The van der Waals surface area contributed by atoms with E-state index in [0.29, 0.717) is 6.54 Å². The first kappa shape index (κ1) is 19.5. The normalized spacial score (nSPS) is 15.8. The first-order valence-electron chi connectivity index (χ1n) is 9.63. The summed E-state index contributed by atoms with van der Waals surface area (Å²) in [6.45, 7) is 3.75. The molecule has 3 aromatic rings. The molecule has 6 nitrogen and oxygen atoms in total. The molecule has 1 aromatic carbocycles. The maximum Gasteiger partial charge on any atom is 0.275 e. The van der Waals surface area contributed by atoms with E-state index < -0.39 is 0 Å². The smallest absolute Gasteiger partial charge is 0.275 e. The van der Waals surface area contributed by atoms with Crippen LogP contribution in [0.15, 0.2) is 60.2 Å². The predicted octanol–water partition coefficient (Wildman–Crippen LogP) is 1.29. The van der Waals surface area contributed by atoms with Gasteiger partial charge in [0.05, 0.1) is 32.2 Å². The summed E-state index contributed by atoms with van der Waals surface area (Å²) in [5.41, 5.74) is 0.878. The SMILES string of the molecule is O=C(C[NH+]1CCN(c2ncccn2)CC1)N[C@@H](c1ccc(F)cc1)c1cccs1. The Bertz CT molecular complexity index is 912. The highest BCUT2D eigenvalue weighted by Crippen LogP contribution is 2.26. The molecule has 2 N–H and O–H groups in total. The maximum atomic E-state index is 13.3. The molecule has 1 fully saturated rings. The molecule has 1 aliphatic heterocycles. The number of halogens is 1. The number of thiophene rings is 1. The fourth-order valence-electron chi connectivity index (χ4n) is 3.52. The second-order valence-electron chi connectivity index (χ2n) is 7.03. The van der Waals surface area contributed by atoms with E-state index in [-0.39, 0.29) is 17.8 Å². The summed E-state index contributed by atoms with van der Waals surface area (Å²) in [7, 11) is 0. The highest BCUT2D eigenvalue weighted by molar-refractivity contribution is 7.10. The third-order valence-corrected chi connectivity index (χ3v) is 5.99. The summed E-state index contributed by atoms with van der Waals surface area (Å²) in [5, 5.41) is 5.12. The number of carbonyl (C=O) groups is 1. The Balaban J connectivity index is 1.36. The average molecular weight is 413 g/mol. The van der Waals surface area contributed by atoms with Crippen LogP contribution >= 0.6 is 11.3 Å². The van der Waals surface area contributed by atoms with E-state index in [2.05, 4.69) is 20.2 Å². The summed E-state index contributed by atoms with van der Waals surface area (Å²) in [6, 6.07) is 11.8. The number of nitrogens with zero attached hydrogens (tertiary/aromatic N) is 3. The Kier molecular flexibility index (Phi) is 6.12. The van der Waals surface area contributed by atoms with E-state index in [1.807, 2.05) is 17.5 Å². The highest BCUT2D eigenvalue weighted by atomic mass is 32.1. The molecule has 2 aromatic heterocycles. The largest absolute Gasteiger partial charge is 0.339 e. The van der Waals surface area contributed by atoms with Crippen molar-refractivity contribution in [1.29, 1.82) is 0 Å². The molecule has 1 saturated heterocycles. The molecule has 1 atom stereocenters. The Morgan fingerprint density at radius 3 is 2.52 bits per heavy atom. The van der Waals surface area contributed by atoms with Gasteiger partial charge in [0.2, 0.25) is 5.95 Å². The topological polar surface area (TPSA) is 62.6 Å². The molecule has 150 valence electrons. The van der Waals surface area contributed by atoms with Gasteiger partial charge in [-0.05, 0) is 35.2 Å². The molecule has 0 bridgehead atoms. The zero-order valence-corrected chi connectivity index (χ0v) is 16.7. The summed E-state index contributed by atoms with van der Waals surface area (Å²) in [6.07, 6.45) is 3.49. The molecule has 4 rings (SSSR count). The predicted molar refractivity (Wildman–Crippen MR) is 111 cm³/mol. The van der Waals surface area contributed by atoms with Crippen LogP contribution in [0.4, 0.5) is 10.3 Å². The minimum absolute atomic E-state index is 0.00728. The van der Waals surface area contributed by atoms with Crippen LogP contribution in [0.5, 0.6) is 0 Å². The zero-order chi connectivity index (χ0) is 20.1. The van der Waals surface area contributed by atoms with Crippen molar-refractivity contribution in [2.45, 2.75) is 6.04 Å². The lowest BCUT2D eigenvalue weighted by molar-refractivity contribution is -0.892. The minimum atomic E-state index is -0.283. The van der Waals surface area contributed by atoms with Crippen LogP contribution in [-0.4, -0.2) is 48.6 Å². The van der Waals surface area contributed by atoms with Gasteiger partial charge < -0.3 is 15.1 Å². The number of piperazine rings is 1. The third kappa shape index (κ3) is 4.96. The molecular weight excluding hydrogens is 389 g/mol. The third-order valence-electron chi connectivity index (χ3n) is 5.05. The number of rotatable bonds is 6. The number of quaternary nitrogens is 1. The number of nitrogens with one attached hydrogen (secondary N) is 2. The number of amides is 1. The first-order chi connectivity index (χ1) is 14.2. The standard InChI is InChI=1S/C21H22FN5OS/c22-17-6-4-16(5-7-17)20(18-3-1-14-29-18)25-19(28)15-26-10-12-27(13-11-26)21-23-8-2-9-24-21/h1-9,14,20H,10-13,15H2,(H,25,28)/p+1/t20-/m0/s1. The molecule has 0 saturated carbocycles. The van der Waals surface area contributed by atoms with Crippen molar-refractivity contribution in [3.05, 3.63) is 76.5 Å². The molecule has 1 aliphatic rings. The van der Waals surface area contributed by atoms with E-state index in [1.165, 1.54) is 17.0 Å². The van der Waals surface area contributed by atoms with Gasteiger partial charge in [-0.2, -0.15) is 0 Å². The van der Waals surface area contributed by atoms with Crippen LogP contribution in [0.1, 0.15) is 16.5 Å². The van der Waals surface area contributed by atoms with Crippen LogP contribution in [-0.2, 0) is 4.79 Å². The lowest BCUT2D eigenvalue weighted by atomic mass is 10.1. The summed E-state index contributed by atoms with van der Waals surface area (Å²) in [4.78, 5) is 25.8. The molecule has 8 heteroatoms. The van der Waals surface area contributed by atoms with Gasteiger partial charge in [0.25, 0.3) is 5.91 Å². The van der Waals surface area contributed by atoms with Crippen molar-refractivity contribution >= 4 is 23.2 Å². The molecule has 29 heavy (non-hydrogen) atoms. The second kappa shape index (κ2) is 9.11. The van der Waals surface area contributed by atoms with Gasteiger partial charge >= 0.3 is 0 Å². The quantitative estimate of drug-likeness (QED) is 0.641. The molecule has 3 heterocycles. The van der Waals surface area contributed by atoms with Crippen LogP contribution in [0.3, 0.4) is 0 Å². The maximum absolute atomic E-state index is 13.3. The Morgan fingerprint density at radius 1 is 1.14 bits per heavy atom. The lowest BCUT2D eigenvalue weighted by Crippen LogP contribution is -3.16. The van der Waals surface area contributed by atoms with E-state index in [4.69, 9.17) is 0 Å². The lowest BCUT2D eigenvalue weighted by Gasteiger charge is -2.32. The molecule has 1 amide bonds. The van der Waals surface area contributed by atoms with Gasteiger partial charge in [0.1, 0.15) is 5.82 Å².